The largest absolute Gasteiger partial charge is 1.00 e. The van der Waals surface area contributed by atoms with Crippen LogP contribution in [0.15, 0.2) is 0 Å². The molecule has 0 aromatic heterocycles. The van der Waals surface area contributed by atoms with Crippen LogP contribution >= 0.6 is 9.24 Å². The molecular formula is C4H10Li2P+. The van der Waals surface area contributed by atoms with Gasteiger partial charge in [0.15, 0.2) is 0 Å². The molecule has 0 radical (unpaired) electrons. The van der Waals surface area contributed by atoms with Gasteiger partial charge in [0.05, 0.1) is 0 Å². The summed E-state index contributed by atoms with van der Waals surface area (Å²) >= 11 is 0. The van der Waals surface area contributed by atoms with Crippen molar-refractivity contribution >= 4 is 9.24 Å². The second-order valence-corrected chi connectivity index (χ2v) is 3.75. The van der Waals surface area contributed by atoms with E-state index in [4.69, 9.17) is 0 Å². The first-order chi connectivity index (χ1) is 2.00. The average molecular weight is 103 g/mol. The quantitative estimate of drug-likeness (QED) is 0.216. The molecule has 0 rings (SSSR count). The van der Waals surface area contributed by atoms with Gasteiger partial charge in [0, 0.05) is 0 Å². The normalized spacial score (nSPS) is 8.57. The molecule has 0 spiro atoms. The van der Waals surface area contributed by atoms with Crippen molar-refractivity contribution in [3.05, 3.63) is 0 Å². The van der Waals surface area contributed by atoms with E-state index in [-0.39, 0.29) is 37.7 Å². The van der Waals surface area contributed by atoms with Crippen molar-refractivity contribution in [2.24, 2.45) is 0 Å². The Kier molecular flexibility index (Phi) is 13.0. The topological polar surface area (TPSA) is 0 Å². The summed E-state index contributed by atoms with van der Waals surface area (Å²) in [6.07, 6.45) is 0. The Balaban J connectivity index is -0.0000000800. The SMILES string of the molecule is CC(C)(C)[PH-].[Li+].[Li+]. The molecule has 3 heteroatoms. The van der Waals surface area contributed by atoms with Crippen molar-refractivity contribution in [1.82, 2.24) is 0 Å². The third-order valence-electron chi connectivity index (χ3n) is 0. The summed E-state index contributed by atoms with van der Waals surface area (Å²) in [6, 6.07) is 0. The van der Waals surface area contributed by atoms with Crippen LogP contribution in [0.2, 0.25) is 0 Å². The molecule has 0 aromatic carbocycles. The molecule has 0 saturated heterocycles. The molecule has 0 unspecified atom stereocenters. The van der Waals surface area contributed by atoms with Crippen LogP contribution in [-0.4, -0.2) is 5.16 Å². The summed E-state index contributed by atoms with van der Waals surface area (Å²) in [5.74, 6) is 0. The van der Waals surface area contributed by atoms with Gasteiger partial charge in [-0.25, -0.2) is 0 Å². The van der Waals surface area contributed by atoms with Crippen molar-refractivity contribution in [2.45, 2.75) is 25.9 Å². The Bertz CT molecular complexity index is 25.2. The Morgan fingerprint density at radius 1 is 1.00 bits per heavy atom. The molecule has 32 valence electrons. The van der Waals surface area contributed by atoms with Gasteiger partial charge in [-0.3, -0.25) is 0 Å². The fourth-order valence-corrected chi connectivity index (χ4v) is 0. The fourth-order valence-electron chi connectivity index (χ4n) is 0. The minimum atomic E-state index is 0. The molecule has 0 bridgehead atoms. The third kappa shape index (κ3) is 91.4. The predicted molar refractivity (Wildman–Crippen MR) is 28.1 cm³/mol. The molecule has 0 N–H and O–H groups in total. The predicted octanol–water partition coefficient (Wildman–Crippen LogP) is -4.06. The Morgan fingerprint density at radius 2 is 1.00 bits per heavy atom. The first kappa shape index (κ1) is 15.8. The molecule has 0 nitrogen and oxygen atoms in total. The van der Waals surface area contributed by atoms with Gasteiger partial charge in [-0.2, -0.15) is 5.16 Å². The van der Waals surface area contributed by atoms with Gasteiger partial charge in [0.1, 0.15) is 0 Å². The zero-order chi connectivity index (χ0) is 4.50. The Labute approximate surface area is 72.8 Å². The average Bonchev–Trinajstić information content (AvgIpc) is 0.722. The van der Waals surface area contributed by atoms with Gasteiger partial charge in [-0.05, 0) is 0 Å². The second-order valence-electron chi connectivity index (χ2n) is 2.25. The Hall–Kier alpha value is 1.62. The summed E-state index contributed by atoms with van der Waals surface area (Å²) in [6.45, 7) is 6.30. The van der Waals surface area contributed by atoms with Crippen LogP contribution < -0.4 is 37.7 Å². The van der Waals surface area contributed by atoms with Crippen LogP contribution in [0.25, 0.3) is 0 Å². The van der Waals surface area contributed by atoms with Crippen LogP contribution in [-0.2, 0) is 0 Å². The molecular weight excluding hydrogens is 92.9 g/mol. The standard InChI is InChI=1S/C4H10P.2Li/c1-4(2,3)5;;/h5H,1-3H3;;/q-1;2*+1. The summed E-state index contributed by atoms with van der Waals surface area (Å²) in [4.78, 5) is 0. The maximum Gasteiger partial charge on any atom is 1.00 e. The molecule has 0 saturated carbocycles. The van der Waals surface area contributed by atoms with Crippen LogP contribution in [0.4, 0.5) is 0 Å². The van der Waals surface area contributed by atoms with Crippen molar-refractivity contribution in [2.75, 3.05) is 0 Å². The van der Waals surface area contributed by atoms with Crippen molar-refractivity contribution < 1.29 is 37.7 Å². The van der Waals surface area contributed by atoms with Crippen molar-refractivity contribution in [1.29, 1.82) is 0 Å². The van der Waals surface area contributed by atoms with Crippen molar-refractivity contribution in [3.63, 3.8) is 0 Å². The van der Waals surface area contributed by atoms with E-state index in [0.717, 1.165) is 0 Å². The van der Waals surface area contributed by atoms with Crippen LogP contribution in [0.5, 0.6) is 0 Å². The summed E-state index contributed by atoms with van der Waals surface area (Å²) in [5, 5.41) is 0.306. The van der Waals surface area contributed by atoms with E-state index in [0.29, 0.717) is 5.16 Å². The van der Waals surface area contributed by atoms with Crippen molar-refractivity contribution in [3.8, 4) is 0 Å². The molecule has 7 heavy (non-hydrogen) atoms. The van der Waals surface area contributed by atoms with E-state index in [1.165, 1.54) is 0 Å². The molecule has 0 atom stereocenters. The smallest absolute Gasteiger partial charge is 0.552 e. The number of rotatable bonds is 0. The molecule has 0 heterocycles. The molecule has 0 aromatic rings. The molecule has 0 amide bonds. The van der Waals surface area contributed by atoms with E-state index in [9.17, 15) is 0 Å². The zero-order valence-corrected chi connectivity index (χ0v) is 7.00. The first-order valence-electron chi connectivity index (χ1n) is 1.75. The van der Waals surface area contributed by atoms with E-state index in [1.807, 2.05) is 0 Å². The van der Waals surface area contributed by atoms with Gasteiger partial charge in [0.2, 0.25) is 0 Å². The van der Waals surface area contributed by atoms with E-state index < -0.39 is 0 Å². The van der Waals surface area contributed by atoms with Gasteiger partial charge < -0.3 is 9.24 Å². The number of hydrogen-bond acceptors (Lipinski definition) is 0. The van der Waals surface area contributed by atoms with E-state index in [1.54, 1.807) is 0 Å². The van der Waals surface area contributed by atoms with Gasteiger partial charge in [-0.15, -0.1) is 0 Å². The molecule has 0 aliphatic heterocycles. The zero-order valence-electron chi connectivity index (χ0n) is 6.00. The maximum absolute atomic E-state index is 3.42. The summed E-state index contributed by atoms with van der Waals surface area (Å²) in [5.41, 5.74) is 0. The summed E-state index contributed by atoms with van der Waals surface area (Å²) in [7, 11) is 3.42. The molecule has 0 fully saturated rings. The molecule has 0 aliphatic rings. The fraction of sp³-hybridized carbons (Fsp3) is 1.00. The van der Waals surface area contributed by atoms with Crippen LogP contribution in [0.3, 0.4) is 0 Å². The van der Waals surface area contributed by atoms with Crippen LogP contribution in [0.1, 0.15) is 20.8 Å². The number of hydrogen-bond donors (Lipinski definition) is 0. The minimum absolute atomic E-state index is 0. The van der Waals surface area contributed by atoms with Gasteiger partial charge >= 0.3 is 37.7 Å². The second kappa shape index (κ2) is 5.76. The third-order valence-corrected chi connectivity index (χ3v) is 0. The van der Waals surface area contributed by atoms with Gasteiger partial charge in [0.25, 0.3) is 0 Å². The molecule has 0 aliphatic carbocycles. The summed E-state index contributed by atoms with van der Waals surface area (Å²) < 4.78 is 0. The Morgan fingerprint density at radius 3 is 1.00 bits per heavy atom. The maximum atomic E-state index is 3.42. The monoisotopic (exact) mass is 103 g/mol. The van der Waals surface area contributed by atoms with Gasteiger partial charge in [-0.1, -0.05) is 20.8 Å². The first-order valence-corrected chi connectivity index (χ1v) is 2.25. The van der Waals surface area contributed by atoms with E-state index in [2.05, 4.69) is 30.0 Å². The van der Waals surface area contributed by atoms with Crippen LogP contribution in [0, 0.1) is 0 Å². The van der Waals surface area contributed by atoms with E-state index >= 15 is 0 Å². The minimum Gasteiger partial charge on any atom is -0.552 e.